The topological polar surface area (TPSA) is 40.5 Å². The molecular formula is C14H25NO2. The molecule has 2 rings (SSSR count). The first-order valence-electron chi connectivity index (χ1n) is 7.10. The molecule has 1 N–H and O–H groups in total. The second kappa shape index (κ2) is 5.38. The Morgan fingerprint density at radius 1 is 1.35 bits per heavy atom. The maximum absolute atomic E-state index is 12.4. The molecule has 2 aliphatic rings. The van der Waals surface area contributed by atoms with Gasteiger partial charge in [-0.25, -0.2) is 0 Å². The van der Waals surface area contributed by atoms with E-state index in [2.05, 4.69) is 13.8 Å². The number of β-amino-alcohol motifs (C(OH)–C–C–N with tert-alkyl or cyclic N) is 1. The van der Waals surface area contributed by atoms with E-state index in [-0.39, 0.29) is 12.0 Å². The molecule has 1 aliphatic carbocycles. The number of aliphatic hydroxyl groups is 1. The van der Waals surface area contributed by atoms with Crippen molar-refractivity contribution < 1.29 is 9.90 Å². The van der Waals surface area contributed by atoms with E-state index in [0.717, 1.165) is 12.8 Å². The number of hydrogen-bond acceptors (Lipinski definition) is 2. The zero-order valence-electron chi connectivity index (χ0n) is 11.1. The first-order valence-corrected chi connectivity index (χ1v) is 7.10. The summed E-state index contributed by atoms with van der Waals surface area (Å²) in [5.74, 6) is 1.75. The number of rotatable bonds is 3. The number of nitrogens with zero attached hydrogens (tertiary/aromatic N) is 1. The van der Waals surface area contributed by atoms with Crippen LogP contribution in [0.15, 0.2) is 0 Å². The van der Waals surface area contributed by atoms with Gasteiger partial charge in [0.05, 0.1) is 6.10 Å². The van der Waals surface area contributed by atoms with Crippen LogP contribution in [-0.2, 0) is 4.79 Å². The highest BCUT2D eigenvalue weighted by molar-refractivity contribution is 5.80. The molecule has 0 aromatic carbocycles. The molecule has 1 aliphatic heterocycles. The van der Waals surface area contributed by atoms with Gasteiger partial charge in [0.25, 0.3) is 0 Å². The Kier molecular flexibility index (Phi) is 4.08. The molecule has 0 bridgehead atoms. The average molecular weight is 239 g/mol. The molecule has 17 heavy (non-hydrogen) atoms. The van der Waals surface area contributed by atoms with Gasteiger partial charge in [0.15, 0.2) is 0 Å². The Morgan fingerprint density at radius 3 is 2.59 bits per heavy atom. The lowest BCUT2D eigenvalue weighted by Crippen LogP contribution is -2.56. The van der Waals surface area contributed by atoms with E-state index in [0.29, 0.717) is 30.8 Å². The monoisotopic (exact) mass is 239 g/mol. The highest BCUT2D eigenvalue weighted by atomic mass is 16.3. The summed E-state index contributed by atoms with van der Waals surface area (Å²) in [5, 5.41) is 9.29. The van der Waals surface area contributed by atoms with Crippen LogP contribution in [-0.4, -0.2) is 35.1 Å². The lowest BCUT2D eigenvalue weighted by atomic mass is 9.71. The van der Waals surface area contributed by atoms with Crippen LogP contribution < -0.4 is 0 Å². The summed E-state index contributed by atoms with van der Waals surface area (Å²) < 4.78 is 0. The van der Waals surface area contributed by atoms with E-state index < -0.39 is 0 Å². The van der Waals surface area contributed by atoms with Crippen molar-refractivity contribution in [1.29, 1.82) is 0 Å². The molecule has 2 fully saturated rings. The fourth-order valence-corrected chi connectivity index (χ4v) is 3.32. The molecule has 1 saturated carbocycles. The average Bonchev–Trinajstić information content (AvgIpc) is 2.33. The maximum atomic E-state index is 12.4. The van der Waals surface area contributed by atoms with Gasteiger partial charge in [-0.15, -0.1) is 0 Å². The van der Waals surface area contributed by atoms with Crippen molar-refractivity contribution in [3.63, 3.8) is 0 Å². The van der Waals surface area contributed by atoms with Crippen LogP contribution in [0.4, 0.5) is 0 Å². The third kappa shape index (κ3) is 2.65. The summed E-state index contributed by atoms with van der Waals surface area (Å²) in [6.07, 6.45) is 5.63. The van der Waals surface area contributed by atoms with E-state index in [1.807, 2.05) is 4.90 Å². The van der Waals surface area contributed by atoms with Gasteiger partial charge in [-0.05, 0) is 24.7 Å². The minimum Gasteiger partial charge on any atom is -0.389 e. The van der Waals surface area contributed by atoms with E-state index >= 15 is 0 Å². The van der Waals surface area contributed by atoms with Crippen LogP contribution in [0.2, 0.25) is 0 Å². The van der Waals surface area contributed by atoms with E-state index in [1.54, 1.807) is 0 Å². The maximum Gasteiger partial charge on any atom is 0.226 e. The summed E-state index contributed by atoms with van der Waals surface area (Å²) in [7, 11) is 0. The largest absolute Gasteiger partial charge is 0.389 e. The third-order valence-corrected chi connectivity index (χ3v) is 4.69. The summed E-state index contributed by atoms with van der Waals surface area (Å²) >= 11 is 0. The van der Waals surface area contributed by atoms with Gasteiger partial charge in [-0.3, -0.25) is 4.79 Å². The van der Waals surface area contributed by atoms with Crippen LogP contribution in [0, 0.1) is 17.8 Å². The zero-order chi connectivity index (χ0) is 12.4. The number of hydrogen-bond donors (Lipinski definition) is 1. The minimum atomic E-state index is -0.274. The van der Waals surface area contributed by atoms with Gasteiger partial charge < -0.3 is 10.0 Å². The Morgan fingerprint density at radius 2 is 2.00 bits per heavy atom. The molecule has 0 spiro atoms. The number of amides is 1. The van der Waals surface area contributed by atoms with Crippen molar-refractivity contribution >= 4 is 5.91 Å². The summed E-state index contributed by atoms with van der Waals surface area (Å²) in [6, 6.07) is 0. The highest BCUT2D eigenvalue weighted by Crippen LogP contribution is 2.38. The predicted molar refractivity (Wildman–Crippen MR) is 67.5 cm³/mol. The van der Waals surface area contributed by atoms with Gasteiger partial charge >= 0.3 is 0 Å². The van der Waals surface area contributed by atoms with E-state index in [1.165, 1.54) is 19.3 Å². The molecule has 1 unspecified atom stereocenters. The molecule has 98 valence electrons. The van der Waals surface area contributed by atoms with Crippen LogP contribution in [0.5, 0.6) is 0 Å². The lowest BCUT2D eigenvalue weighted by molar-refractivity contribution is -0.149. The second-order valence-electron chi connectivity index (χ2n) is 5.84. The molecule has 1 saturated heterocycles. The zero-order valence-corrected chi connectivity index (χ0v) is 11.1. The van der Waals surface area contributed by atoms with E-state index in [9.17, 15) is 9.90 Å². The van der Waals surface area contributed by atoms with E-state index in [4.69, 9.17) is 0 Å². The fraction of sp³-hybridized carbons (Fsp3) is 0.929. The smallest absolute Gasteiger partial charge is 0.226 e. The van der Waals surface area contributed by atoms with Crippen LogP contribution in [0.25, 0.3) is 0 Å². The van der Waals surface area contributed by atoms with Crippen LogP contribution >= 0.6 is 0 Å². The van der Waals surface area contributed by atoms with Crippen molar-refractivity contribution in [2.24, 2.45) is 17.8 Å². The molecule has 0 aromatic rings. The van der Waals surface area contributed by atoms with Crippen molar-refractivity contribution in [2.75, 3.05) is 13.1 Å². The molecule has 1 amide bonds. The first-order chi connectivity index (χ1) is 8.13. The fourth-order valence-electron chi connectivity index (χ4n) is 3.32. The quantitative estimate of drug-likeness (QED) is 0.819. The van der Waals surface area contributed by atoms with Crippen LogP contribution in [0.3, 0.4) is 0 Å². The Labute approximate surface area is 104 Å². The predicted octanol–water partition coefficient (Wildman–Crippen LogP) is 2.04. The van der Waals surface area contributed by atoms with Gasteiger partial charge in [-0.1, -0.05) is 33.1 Å². The number of carbonyl (C=O) groups excluding carboxylic acids is 1. The van der Waals surface area contributed by atoms with Crippen molar-refractivity contribution in [2.45, 2.75) is 52.1 Å². The van der Waals surface area contributed by atoms with Crippen LogP contribution in [0.1, 0.15) is 46.0 Å². The first kappa shape index (κ1) is 12.9. The van der Waals surface area contributed by atoms with Gasteiger partial charge in [0.1, 0.15) is 0 Å². The Balaban J connectivity index is 1.98. The SMILES string of the molecule is CC[C@H](C)[C@@H]1CCCCC1C(=O)N1CC(O)C1. The summed E-state index contributed by atoms with van der Waals surface area (Å²) in [4.78, 5) is 14.2. The Bertz CT molecular complexity index is 273. The van der Waals surface area contributed by atoms with Gasteiger partial charge in [0.2, 0.25) is 5.91 Å². The minimum absolute atomic E-state index is 0.228. The molecule has 0 radical (unpaired) electrons. The lowest BCUT2D eigenvalue weighted by Gasteiger charge is -2.42. The summed E-state index contributed by atoms with van der Waals surface area (Å²) in [5.41, 5.74) is 0. The molecule has 1 heterocycles. The van der Waals surface area contributed by atoms with Crippen molar-refractivity contribution in [3.05, 3.63) is 0 Å². The molecule has 0 aromatic heterocycles. The van der Waals surface area contributed by atoms with Crippen molar-refractivity contribution in [1.82, 2.24) is 4.90 Å². The molecule has 3 nitrogen and oxygen atoms in total. The van der Waals surface area contributed by atoms with Crippen molar-refractivity contribution in [3.8, 4) is 0 Å². The molecule has 3 heteroatoms. The molecule has 3 atom stereocenters. The van der Waals surface area contributed by atoms with Gasteiger partial charge in [-0.2, -0.15) is 0 Å². The standard InChI is InChI=1S/C14H25NO2/c1-3-10(2)12-6-4-5-7-13(12)14(17)15-8-11(16)9-15/h10-13,16H,3-9H2,1-2H3/t10-,12-,13?/m0/s1. The number of aliphatic hydroxyl groups excluding tert-OH is 1. The second-order valence-corrected chi connectivity index (χ2v) is 5.84. The number of carbonyl (C=O) groups is 1. The summed E-state index contributed by atoms with van der Waals surface area (Å²) in [6.45, 7) is 5.61. The Hall–Kier alpha value is -0.570. The van der Waals surface area contributed by atoms with Gasteiger partial charge in [0, 0.05) is 19.0 Å². The molecular weight excluding hydrogens is 214 g/mol. The number of likely N-dealkylation sites (tertiary alicyclic amines) is 1. The highest BCUT2D eigenvalue weighted by Gasteiger charge is 2.39. The normalized spacial score (nSPS) is 32.1. The third-order valence-electron chi connectivity index (χ3n) is 4.69.